The van der Waals surface area contributed by atoms with Crippen LogP contribution in [-0.4, -0.2) is 6.09 Å². The smallest absolute Gasteiger partial charge is 0.413 e. The zero-order valence-corrected chi connectivity index (χ0v) is 24.4. The minimum absolute atomic E-state index is 0.505. The average molecular weight is 592 g/mol. The molecule has 6 heteroatoms. The van der Waals surface area contributed by atoms with Crippen molar-refractivity contribution in [1.29, 1.82) is 0 Å². The Morgan fingerprint density at radius 1 is 0.545 bits per heavy atom. The van der Waals surface area contributed by atoms with Crippen LogP contribution in [0.2, 0.25) is 0 Å². The predicted octanol–water partition coefficient (Wildman–Crippen LogP) is 8.08. The van der Waals surface area contributed by atoms with Crippen molar-refractivity contribution in [3.8, 4) is 0 Å². The fourth-order valence-corrected chi connectivity index (χ4v) is 9.26. The molecule has 0 unspecified atom stereocenters. The molecule has 1 N–H and O–H groups in total. The van der Waals surface area contributed by atoms with Crippen molar-refractivity contribution in [3.05, 3.63) is 168 Å². The largest absolute Gasteiger partial charge is 0.453 e. The van der Waals surface area contributed by atoms with Crippen molar-refractivity contribution >= 4 is 56.8 Å². The van der Waals surface area contributed by atoms with E-state index in [1.165, 1.54) is 0 Å². The number of nitrogens with one attached hydrogen (secondary N) is 1. The molecule has 6 aromatic carbocycles. The molecule has 0 spiro atoms. The van der Waals surface area contributed by atoms with Crippen molar-refractivity contribution in [1.82, 2.24) is 0 Å². The molecule has 7 aromatic rings. The number of furan rings is 1. The minimum Gasteiger partial charge on any atom is -0.453 e. The van der Waals surface area contributed by atoms with Crippen LogP contribution >= 0.6 is 7.14 Å². The molecule has 212 valence electrons. The fraction of sp³-hybridized carbons (Fsp3) is 0.0263. The quantitative estimate of drug-likeness (QED) is 0.206. The Labute approximate surface area is 254 Å². The highest BCUT2D eigenvalue weighted by atomic mass is 31.2. The number of para-hydroxylation sites is 1. The van der Waals surface area contributed by atoms with Gasteiger partial charge in [0.15, 0.2) is 18.3 Å². The van der Waals surface area contributed by atoms with Crippen LogP contribution in [0.1, 0.15) is 16.7 Å². The van der Waals surface area contributed by atoms with Crippen LogP contribution in [0.5, 0.6) is 0 Å². The number of anilines is 1. The van der Waals surface area contributed by atoms with Gasteiger partial charge in [-0.15, -0.1) is 0 Å². The Balaban J connectivity index is 1.44. The molecule has 1 amide bonds. The van der Waals surface area contributed by atoms with Gasteiger partial charge in [-0.2, -0.15) is 0 Å². The standard InChI is InChI=1S/C38H26NO4P/c40-37-39-34-32(38(43-37,26-14-5-1-6-15-26)27-16-7-2-8-17-27)25-24-31-30-22-13-23-33(35(30)42-36(31)34)44(41,28-18-9-3-10-19-28)29-20-11-4-12-21-29/h1-25H,(H,39,40). The lowest BCUT2D eigenvalue weighted by Crippen LogP contribution is -2.41. The van der Waals surface area contributed by atoms with Gasteiger partial charge >= 0.3 is 6.09 Å². The van der Waals surface area contributed by atoms with E-state index in [0.717, 1.165) is 38.1 Å². The molecule has 1 aliphatic heterocycles. The number of hydrogen-bond acceptors (Lipinski definition) is 4. The molecule has 0 fully saturated rings. The van der Waals surface area contributed by atoms with Gasteiger partial charge in [-0.25, -0.2) is 4.79 Å². The molecule has 0 saturated heterocycles. The first kappa shape index (κ1) is 26.3. The number of carbonyl (C=O) groups is 1. The maximum atomic E-state index is 15.4. The highest BCUT2D eigenvalue weighted by Gasteiger charge is 2.46. The molecular weight excluding hydrogens is 565 g/mol. The monoisotopic (exact) mass is 591 g/mol. The third-order valence-corrected chi connectivity index (χ3v) is 11.5. The molecule has 0 atom stereocenters. The highest BCUT2D eigenvalue weighted by Crippen LogP contribution is 2.51. The number of rotatable bonds is 5. The zero-order valence-electron chi connectivity index (χ0n) is 23.5. The molecule has 8 rings (SSSR count). The van der Waals surface area contributed by atoms with Crippen LogP contribution in [0.15, 0.2) is 156 Å². The third-order valence-electron chi connectivity index (χ3n) is 8.44. The summed E-state index contributed by atoms with van der Waals surface area (Å²) < 4.78 is 28.4. The zero-order chi connectivity index (χ0) is 29.7. The third kappa shape index (κ3) is 3.80. The second kappa shape index (κ2) is 10.1. The van der Waals surface area contributed by atoms with Crippen molar-refractivity contribution in [2.75, 3.05) is 5.32 Å². The second-order valence-corrected chi connectivity index (χ2v) is 13.6. The summed E-state index contributed by atoms with van der Waals surface area (Å²) in [6, 6.07) is 48.3. The summed E-state index contributed by atoms with van der Waals surface area (Å²) in [4.78, 5) is 13.4. The van der Waals surface area contributed by atoms with Gasteiger partial charge in [0.05, 0.1) is 11.0 Å². The van der Waals surface area contributed by atoms with Crippen LogP contribution in [-0.2, 0) is 14.9 Å². The lowest BCUT2D eigenvalue weighted by molar-refractivity contribution is 0.0739. The summed E-state index contributed by atoms with van der Waals surface area (Å²) >= 11 is 0. The van der Waals surface area contributed by atoms with Crippen molar-refractivity contribution < 1.29 is 18.5 Å². The van der Waals surface area contributed by atoms with E-state index in [4.69, 9.17) is 9.15 Å². The number of ether oxygens (including phenoxy) is 1. The van der Waals surface area contributed by atoms with Crippen LogP contribution in [0.3, 0.4) is 0 Å². The van der Waals surface area contributed by atoms with E-state index < -0.39 is 18.8 Å². The molecule has 1 aromatic heterocycles. The number of carbonyl (C=O) groups excluding carboxylic acids is 1. The van der Waals surface area contributed by atoms with Gasteiger partial charge in [0.2, 0.25) is 0 Å². The van der Waals surface area contributed by atoms with Gasteiger partial charge in [0, 0.05) is 38.1 Å². The Kier molecular flexibility index (Phi) is 6.04. The summed E-state index contributed by atoms with van der Waals surface area (Å²) in [5.41, 5.74) is 2.73. The van der Waals surface area contributed by atoms with Gasteiger partial charge in [-0.1, -0.05) is 140 Å². The Morgan fingerprint density at radius 3 is 1.64 bits per heavy atom. The topological polar surface area (TPSA) is 68.5 Å². The van der Waals surface area contributed by atoms with Gasteiger partial charge in [0.25, 0.3) is 0 Å². The first-order valence-corrected chi connectivity index (χ1v) is 16.1. The minimum atomic E-state index is -3.34. The predicted molar refractivity (Wildman–Crippen MR) is 176 cm³/mol. The first-order valence-electron chi connectivity index (χ1n) is 14.4. The van der Waals surface area contributed by atoms with E-state index in [2.05, 4.69) is 5.32 Å². The average Bonchev–Trinajstić information content (AvgIpc) is 3.49. The van der Waals surface area contributed by atoms with Gasteiger partial charge in [-0.3, -0.25) is 5.32 Å². The van der Waals surface area contributed by atoms with Crippen molar-refractivity contribution in [2.24, 2.45) is 0 Å². The molecule has 1 aliphatic rings. The maximum absolute atomic E-state index is 15.4. The van der Waals surface area contributed by atoms with Crippen LogP contribution in [0.25, 0.3) is 21.9 Å². The Bertz CT molecular complexity index is 2130. The van der Waals surface area contributed by atoms with E-state index in [0.29, 0.717) is 22.2 Å². The lowest BCUT2D eigenvalue weighted by atomic mass is 9.78. The van der Waals surface area contributed by atoms with E-state index in [-0.39, 0.29) is 0 Å². The van der Waals surface area contributed by atoms with E-state index >= 15 is 4.57 Å². The molecule has 2 heterocycles. The summed E-state index contributed by atoms with van der Waals surface area (Å²) in [5.74, 6) is 0. The van der Waals surface area contributed by atoms with Crippen LogP contribution in [0, 0.1) is 0 Å². The summed E-state index contributed by atoms with van der Waals surface area (Å²) in [6.45, 7) is 0. The normalized spacial score (nSPS) is 14.1. The summed E-state index contributed by atoms with van der Waals surface area (Å²) in [7, 11) is -3.34. The fourth-order valence-electron chi connectivity index (χ4n) is 6.48. The van der Waals surface area contributed by atoms with Gasteiger partial charge in [0.1, 0.15) is 5.58 Å². The highest BCUT2D eigenvalue weighted by molar-refractivity contribution is 7.85. The lowest BCUT2D eigenvalue weighted by Gasteiger charge is -2.39. The molecule has 0 bridgehead atoms. The van der Waals surface area contributed by atoms with Crippen LogP contribution < -0.4 is 21.2 Å². The van der Waals surface area contributed by atoms with E-state index in [1.807, 2.05) is 152 Å². The molecule has 44 heavy (non-hydrogen) atoms. The molecule has 0 radical (unpaired) electrons. The number of amides is 1. The molecule has 5 nitrogen and oxygen atoms in total. The van der Waals surface area contributed by atoms with E-state index in [1.54, 1.807) is 0 Å². The Morgan fingerprint density at radius 2 is 1.07 bits per heavy atom. The number of fused-ring (bicyclic) bond motifs is 5. The van der Waals surface area contributed by atoms with Crippen molar-refractivity contribution in [3.63, 3.8) is 0 Å². The number of hydrogen-bond donors (Lipinski definition) is 1. The SMILES string of the molecule is O=C1Nc2c(ccc3c2oc2c(P(=O)(c4ccccc4)c4ccccc4)cccc23)C(c2ccccc2)(c2ccccc2)O1. The van der Waals surface area contributed by atoms with Gasteiger partial charge in [-0.05, 0) is 12.1 Å². The van der Waals surface area contributed by atoms with Gasteiger partial charge < -0.3 is 13.7 Å². The maximum Gasteiger partial charge on any atom is 0.413 e. The molecule has 0 aliphatic carbocycles. The number of cyclic esters (lactones) is 1. The van der Waals surface area contributed by atoms with E-state index in [9.17, 15) is 4.79 Å². The Hall–Kier alpha value is -5.38. The molecule has 0 saturated carbocycles. The summed E-state index contributed by atoms with van der Waals surface area (Å²) in [5, 5.41) is 6.62. The van der Waals surface area contributed by atoms with Crippen LogP contribution in [0.4, 0.5) is 10.5 Å². The first-order chi connectivity index (χ1) is 21.6. The number of benzene rings is 6. The van der Waals surface area contributed by atoms with Crippen molar-refractivity contribution in [2.45, 2.75) is 5.60 Å². The second-order valence-electron chi connectivity index (χ2n) is 10.8. The molecular formula is C38H26NO4P. The summed E-state index contributed by atoms with van der Waals surface area (Å²) in [6.07, 6.45) is -0.586.